The number of carboxylic acids is 1. The number of hydrogen-bond acceptors (Lipinski definition) is 3. The molecule has 12 heteroatoms. The molecule has 1 saturated carbocycles. The highest BCUT2D eigenvalue weighted by atomic mass is 19.4. The van der Waals surface area contributed by atoms with Crippen LogP contribution in [0.3, 0.4) is 0 Å². The molecule has 0 aromatic heterocycles. The molecule has 0 aliphatic heterocycles. The average molecular weight is 635 g/mol. The van der Waals surface area contributed by atoms with E-state index in [-0.39, 0.29) is 31.0 Å². The number of benzene rings is 3. The summed E-state index contributed by atoms with van der Waals surface area (Å²) in [5, 5.41) is 13.5. The molecule has 3 aromatic rings. The Labute approximate surface area is 255 Å². The van der Waals surface area contributed by atoms with Gasteiger partial charge in [0.05, 0.1) is 23.5 Å². The fraction of sp³-hybridized carbons (Fsp3) is 0.364. The molecule has 0 heterocycles. The van der Waals surface area contributed by atoms with Gasteiger partial charge in [-0.1, -0.05) is 55.7 Å². The van der Waals surface area contributed by atoms with Gasteiger partial charge in [-0.2, -0.15) is 26.3 Å². The minimum atomic E-state index is -5.07. The number of carbonyl (C=O) groups excluding carboxylic acids is 2. The first-order valence-electron chi connectivity index (χ1n) is 14.5. The van der Waals surface area contributed by atoms with Crippen molar-refractivity contribution in [1.29, 1.82) is 0 Å². The molecular weight excluding hydrogens is 602 g/mol. The number of hydrogen-bond donors (Lipinski definition) is 3. The molecule has 1 aliphatic carbocycles. The zero-order valence-electron chi connectivity index (χ0n) is 24.1. The molecule has 240 valence electrons. The lowest BCUT2D eigenvalue weighted by Gasteiger charge is -2.23. The van der Waals surface area contributed by atoms with E-state index in [0.717, 1.165) is 31.2 Å². The van der Waals surface area contributed by atoms with Crippen molar-refractivity contribution in [3.05, 3.63) is 100 Å². The van der Waals surface area contributed by atoms with Crippen LogP contribution in [0.15, 0.2) is 66.7 Å². The van der Waals surface area contributed by atoms with E-state index in [9.17, 15) is 40.7 Å². The van der Waals surface area contributed by atoms with E-state index in [2.05, 4.69) is 10.6 Å². The van der Waals surface area contributed by atoms with Crippen molar-refractivity contribution in [2.24, 2.45) is 0 Å². The normalized spacial score (nSPS) is 14.9. The molecule has 1 fully saturated rings. The van der Waals surface area contributed by atoms with Gasteiger partial charge in [0.25, 0.3) is 5.91 Å². The van der Waals surface area contributed by atoms with Crippen molar-refractivity contribution < 1.29 is 45.8 Å². The van der Waals surface area contributed by atoms with Crippen molar-refractivity contribution in [2.75, 3.05) is 11.9 Å². The summed E-state index contributed by atoms with van der Waals surface area (Å²) in [5.41, 5.74) is -1.29. The average Bonchev–Trinajstić information content (AvgIpc) is 2.99. The number of aliphatic carboxylic acids is 1. The summed E-state index contributed by atoms with van der Waals surface area (Å²) in [6.07, 6.45) is -4.90. The summed E-state index contributed by atoms with van der Waals surface area (Å²) in [6.45, 7) is -0.0688. The second-order valence-electron chi connectivity index (χ2n) is 11.1. The van der Waals surface area contributed by atoms with Crippen molar-refractivity contribution >= 4 is 23.5 Å². The van der Waals surface area contributed by atoms with E-state index in [0.29, 0.717) is 29.2 Å². The van der Waals surface area contributed by atoms with Crippen LogP contribution in [0.1, 0.15) is 88.5 Å². The van der Waals surface area contributed by atoms with Crippen LogP contribution in [0.25, 0.3) is 0 Å². The van der Waals surface area contributed by atoms with Crippen molar-refractivity contribution in [2.45, 2.75) is 69.1 Å². The molecule has 4 rings (SSSR count). The number of halogens is 6. The Morgan fingerprint density at radius 1 is 0.800 bits per heavy atom. The quantitative estimate of drug-likeness (QED) is 0.197. The third-order valence-corrected chi connectivity index (χ3v) is 7.87. The summed E-state index contributed by atoms with van der Waals surface area (Å²) < 4.78 is 80.6. The minimum Gasteiger partial charge on any atom is -0.481 e. The smallest absolute Gasteiger partial charge is 0.416 e. The largest absolute Gasteiger partial charge is 0.481 e. The Balaban J connectivity index is 1.61. The van der Waals surface area contributed by atoms with E-state index in [4.69, 9.17) is 5.11 Å². The summed E-state index contributed by atoms with van der Waals surface area (Å²) in [5.74, 6) is -2.99. The van der Waals surface area contributed by atoms with Gasteiger partial charge in [-0.05, 0) is 72.2 Å². The number of alkyl halides is 6. The monoisotopic (exact) mass is 634 g/mol. The molecule has 0 radical (unpaired) electrons. The third kappa shape index (κ3) is 9.32. The van der Waals surface area contributed by atoms with Crippen LogP contribution < -0.4 is 10.6 Å². The summed E-state index contributed by atoms with van der Waals surface area (Å²) in [4.78, 5) is 36.6. The highest BCUT2D eigenvalue weighted by Crippen LogP contribution is 2.38. The van der Waals surface area contributed by atoms with Crippen LogP contribution >= 0.6 is 0 Å². The molecule has 1 unspecified atom stereocenters. The zero-order chi connectivity index (χ0) is 32.8. The molecule has 45 heavy (non-hydrogen) atoms. The Morgan fingerprint density at radius 3 is 1.91 bits per heavy atom. The number of rotatable bonds is 10. The molecule has 6 nitrogen and oxygen atoms in total. The fourth-order valence-corrected chi connectivity index (χ4v) is 5.47. The topological polar surface area (TPSA) is 95.5 Å². The molecule has 0 saturated heterocycles. The molecular formula is C33H32F6N2O4. The molecule has 3 N–H and O–H groups in total. The molecule has 0 spiro atoms. The fourth-order valence-electron chi connectivity index (χ4n) is 5.47. The highest BCUT2D eigenvalue weighted by molar-refractivity contribution is 5.96. The highest BCUT2D eigenvalue weighted by Gasteiger charge is 2.37. The van der Waals surface area contributed by atoms with E-state index in [1.165, 1.54) is 18.6 Å². The SMILES string of the molecule is O=C(O)CCNC(=O)c1ccc(CC(C(=O)Nc2cc(C(F)(F)F)cc(C(F)(F)F)c2)c2ccc(C3CCCCC3)cc2)cc1. The standard InChI is InChI=1S/C33H32F6N2O4/c34-32(35,36)25-17-26(33(37,38)39)19-27(18-25)41-31(45)28(23-12-10-22(11-13-23)21-4-2-1-3-5-21)16-20-6-8-24(9-7-20)30(44)40-15-14-29(42)43/h6-13,17-19,21,28H,1-5,14-16H2,(H,40,44)(H,41,45)(H,42,43). The Kier molecular flexibility index (Phi) is 10.6. The van der Waals surface area contributed by atoms with Gasteiger partial charge in [0.1, 0.15) is 0 Å². The van der Waals surface area contributed by atoms with Gasteiger partial charge >= 0.3 is 18.3 Å². The minimum absolute atomic E-state index is 0.00347. The lowest BCUT2D eigenvalue weighted by atomic mass is 9.83. The van der Waals surface area contributed by atoms with Gasteiger partial charge in [0.15, 0.2) is 0 Å². The van der Waals surface area contributed by atoms with Gasteiger partial charge in [0, 0.05) is 17.8 Å². The second kappa shape index (κ2) is 14.2. The molecule has 0 bridgehead atoms. The molecule has 2 amide bonds. The van der Waals surface area contributed by atoms with Crippen molar-refractivity contribution in [3.8, 4) is 0 Å². The molecule has 1 aliphatic rings. The first-order valence-corrected chi connectivity index (χ1v) is 14.5. The number of anilines is 1. The van der Waals surface area contributed by atoms with Crippen LogP contribution in [-0.4, -0.2) is 29.4 Å². The van der Waals surface area contributed by atoms with Crippen LogP contribution in [0.2, 0.25) is 0 Å². The maximum absolute atomic E-state index is 13.6. The van der Waals surface area contributed by atoms with Crippen LogP contribution in [0, 0.1) is 0 Å². The van der Waals surface area contributed by atoms with Gasteiger partial charge in [-0.15, -0.1) is 0 Å². The van der Waals surface area contributed by atoms with Gasteiger partial charge in [-0.25, -0.2) is 0 Å². The summed E-state index contributed by atoms with van der Waals surface area (Å²) in [6, 6.07) is 14.4. The van der Waals surface area contributed by atoms with Crippen LogP contribution in [0.5, 0.6) is 0 Å². The van der Waals surface area contributed by atoms with E-state index >= 15 is 0 Å². The van der Waals surface area contributed by atoms with Gasteiger partial charge in [0.2, 0.25) is 5.91 Å². The molecule has 3 aromatic carbocycles. The van der Waals surface area contributed by atoms with Crippen LogP contribution in [-0.2, 0) is 28.4 Å². The third-order valence-electron chi connectivity index (χ3n) is 7.87. The van der Waals surface area contributed by atoms with Crippen molar-refractivity contribution in [1.82, 2.24) is 5.32 Å². The lowest BCUT2D eigenvalue weighted by molar-refractivity contribution is -0.143. The van der Waals surface area contributed by atoms with E-state index in [1.807, 2.05) is 12.1 Å². The van der Waals surface area contributed by atoms with Gasteiger partial charge in [-0.3, -0.25) is 14.4 Å². The Morgan fingerprint density at radius 2 is 1.38 bits per heavy atom. The number of nitrogens with one attached hydrogen (secondary N) is 2. The zero-order valence-corrected chi connectivity index (χ0v) is 24.1. The van der Waals surface area contributed by atoms with Crippen molar-refractivity contribution in [3.63, 3.8) is 0 Å². The van der Waals surface area contributed by atoms with E-state index < -0.39 is 52.9 Å². The lowest BCUT2D eigenvalue weighted by Crippen LogP contribution is -2.26. The molecule has 1 atom stereocenters. The summed E-state index contributed by atoms with van der Waals surface area (Å²) in [7, 11) is 0. The number of amides is 2. The first-order chi connectivity index (χ1) is 21.2. The maximum Gasteiger partial charge on any atom is 0.416 e. The Hall–Kier alpha value is -4.35. The predicted molar refractivity (Wildman–Crippen MR) is 155 cm³/mol. The number of carboxylic acid groups (broad SMARTS) is 1. The Bertz CT molecular complexity index is 1460. The van der Waals surface area contributed by atoms with Gasteiger partial charge < -0.3 is 15.7 Å². The number of carbonyl (C=O) groups is 3. The summed E-state index contributed by atoms with van der Waals surface area (Å²) >= 11 is 0. The first kappa shape index (κ1) is 33.5. The van der Waals surface area contributed by atoms with E-state index in [1.54, 1.807) is 24.3 Å². The second-order valence-corrected chi connectivity index (χ2v) is 11.1. The van der Waals surface area contributed by atoms with Crippen LogP contribution in [0.4, 0.5) is 32.0 Å². The predicted octanol–water partition coefficient (Wildman–Crippen LogP) is 7.94. The maximum atomic E-state index is 13.6.